The molecular formula is C25H31N3O2. The van der Waals surface area contributed by atoms with E-state index in [1.54, 1.807) is 6.08 Å². The van der Waals surface area contributed by atoms with Gasteiger partial charge in [-0.2, -0.15) is 0 Å². The van der Waals surface area contributed by atoms with E-state index in [4.69, 9.17) is 0 Å². The van der Waals surface area contributed by atoms with Gasteiger partial charge in [0.15, 0.2) is 0 Å². The summed E-state index contributed by atoms with van der Waals surface area (Å²) in [4.78, 5) is 26.7. The van der Waals surface area contributed by atoms with Crippen molar-refractivity contribution in [2.45, 2.75) is 39.7 Å². The van der Waals surface area contributed by atoms with Crippen LogP contribution in [0.2, 0.25) is 0 Å². The van der Waals surface area contributed by atoms with Crippen molar-refractivity contribution < 1.29 is 9.59 Å². The molecule has 0 bridgehead atoms. The van der Waals surface area contributed by atoms with E-state index in [9.17, 15) is 9.59 Å². The van der Waals surface area contributed by atoms with Crippen molar-refractivity contribution in [3.05, 3.63) is 70.8 Å². The third kappa shape index (κ3) is 6.29. The quantitative estimate of drug-likeness (QED) is 0.718. The van der Waals surface area contributed by atoms with Gasteiger partial charge in [-0.1, -0.05) is 30.3 Å². The van der Waals surface area contributed by atoms with Crippen molar-refractivity contribution >= 4 is 23.6 Å². The number of amides is 2. The van der Waals surface area contributed by atoms with Crippen molar-refractivity contribution in [2.75, 3.05) is 25.0 Å². The summed E-state index contributed by atoms with van der Waals surface area (Å²) in [5.74, 6) is -0.0664. The maximum Gasteiger partial charge on any atom is 0.244 e. The molecule has 5 nitrogen and oxygen atoms in total. The normalized spacial score (nSPS) is 15.3. The van der Waals surface area contributed by atoms with Crippen LogP contribution in [0.25, 0.3) is 6.08 Å². The molecule has 2 aromatic rings. The first-order chi connectivity index (χ1) is 14.4. The van der Waals surface area contributed by atoms with Gasteiger partial charge in [0.25, 0.3) is 0 Å². The Kier molecular flexibility index (Phi) is 7.41. The number of aryl methyl sites for hydroxylation is 3. The van der Waals surface area contributed by atoms with Crippen molar-refractivity contribution in [1.82, 2.24) is 10.2 Å². The molecule has 0 spiro atoms. The fourth-order valence-corrected chi connectivity index (χ4v) is 3.74. The van der Waals surface area contributed by atoms with Crippen LogP contribution in [0.1, 0.15) is 35.1 Å². The lowest BCUT2D eigenvalue weighted by molar-refractivity contribution is -0.119. The van der Waals surface area contributed by atoms with E-state index in [2.05, 4.69) is 48.4 Å². The minimum absolute atomic E-state index is 0.00428. The molecule has 0 saturated carbocycles. The van der Waals surface area contributed by atoms with Crippen LogP contribution >= 0.6 is 0 Å². The fraction of sp³-hybridized carbons (Fsp3) is 0.360. The highest BCUT2D eigenvalue weighted by Gasteiger charge is 2.21. The molecule has 2 N–H and O–H groups in total. The van der Waals surface area contributed by atoms with E-state index in [-0.39, 0.29) is 17.9 Å². The summed E-state index contributed by atoms with van der Waals surface area (Å²) in [6, 6.07) is 13.9. The number of piperidine rings is 1. The number of rotatable bonds is 6. The van der Waals surface area contributed by atoms with E-state index in [0.717, 1.165) is 37.2 Å². The molecule has 158 valence electrons. The number of nitrogens with zero attached hydrogens (tertiary/aromatic N) is 1. The minimum atomic E-state index is -0.0621. The van der Waals surface area contributed by atoms with Gasteiger partial charge in [-0.15, -0.1) is 0 Å². The number of anilines is 1. The molecule has 5 heteroatoms. The van der Waals surface area contributed by atoms with E-state index in [1.807, 2.05) is 36.4 Å². The van der Waals surface area contributed by atoms with Gasteiger partial charge < -0.3 is 10.6 Å². The maximum absolute atomic E-state index is 12.3. The summed E-state index contributed by atoms with van der Waals surface area (Å²) < 4.78 is 0. The monoisotopic (exact) mass is 405 g/mol. The molecule has 1 fully saturated rings. The molecule has 1 aliphatic rings. The summed E-state index contributed by atoms with van der Waals surface area (Å²) >= 11 is 0. The third-order valence-corrected chi connectivity index (χ3v) is 5.66. The van der Waals surface area contributed by atoms with E-state index < -0.39 is 0 Å². The summed E-state index contributed by atoms with van der Waals surface area (Å²) in [7, 11) is 0. The van der Waals surface area contributed by atoms with Crippen molar-refractivity contribution in [3.8, 4) is 0 Å². The predicted octanol–water partition coefficient (Wildman–Crippen LogP) is 3.84. The highest BCUT2D eigenvalue weighted by atomic mass is 16.2. The smallest absolute Gasteiger partial charge is 0.244 e. The Morgan fingerprint density at radius 3 is 2.37 bits per heavy atom. The molecule has 2 aromatic carbocycles. The Hall–Kier alpha value is -2.92. The fourth-order valence-electron chi connectivity index (χ4n) is 3.74. The molecule has 0 aromatic heterocycles. The lowest BCUT2D eigenvalue weighted by Crippen LogP contribution is -2.46. The van der Waals surface area contributed by atoms with Crippen LogP contribution < -0.4 is 10.6 Å². The van der Waals surface area contributed by atoms with Gasteiger partial charge in [0.05, 0.1) is 6.54 Å². The Labute approximate surface area is 179 Å². The first-order valence-electron chi connectivity index (χ1n) is 10.5. The molecule has 1 aliphatic heterocycles. The molecule has 2 amide bonds. The van der Waals surface area contributed by atoms with Crippen LogP contribution in [0.5, 0.6) is 0 Å². The molecule has 30 heavy (non-hydrogen) atoms. The Balaban J connectivity index is 1.42. The molecule has 0 radical (unpaired) electrons. The second-order valence-electron chi connectivity index (χ2n) is 8.10. The zero-order chi connectivity index (χ0) is 21.5. The van der Waals surface area contributed by atoms with Gasteiger partial charge in [-0.05, 0) is 74.1 Å². The first-order valence-corrected chi connectivity index (χ1v) is 10.5. The third-order valence-electron chi connectivity index (χ3n) is 5.66. The summed E-state index contributed by atoms with van der Waals surface area (Å²) in [5.41, 5.74) is 5.55. The Morgan fingerprint density at radius 2 is 1.67 bits per heavy atom. The second-order valence-corrected chi connectivity index (χ2v) is 8.10. The van der Waals surface area contributed by atoms with E-state index >= 15 is 0 Å². The number of hydrogen-bond donors (Lipinski definition) is 2. The van der Waals surface area contributed by atoms with Gasteiger partial charge in [-0.25, -0.2) is 0 Å². The maximum atomic E-state index is 12.3. The number of nitrogens with one attached hydrogen (secondary N) is 2. The summed E-state index contributed by atoms with van der Waals surface area (Å²) in [6.07, 6.45) is 5.21. The lowest BCUT2D eigenvalue weighted by Gasteiger charge is -2.31. The molecular weight excluding hydrogens is 374 g/mol. The number of hydrogen-bond acceptors (Lipinski definition) is 3. The van der Waals surface area contributed by atoms with Crippen LogP contribution in [0.3, 0.4) is 0 Å². The summed E-state index contributed by atoms with van der Waals surface area (Å²) in [5, 5.41) is 6.01. The minimum Gasteiger partial charge on any atom is -0.350 e. The number of para-hydroxylation sites is 1. The number of benzene rings is 2. The van der Waals surface area contributed by atoms with Crippen LogP contribution in [0.15, 0.2) is 48.5 Å². The van der Waals surface area contributed by atoms with E-state index in [0.29, 0.717) is 6.54 Å². The van der Waals surface area contributed by atoms with E-state index in [1.165, 1.54) is 16.7 Å². The van der Waals surface area contributed by atoms with Crippen LogP contribution in [-0.2, 0) is 9.59 Å². The standard InChI is InChI=1S/C25H31N3O2/c1-18-15-20(3)21(16-19(18)2)9-10-24(29)26-23-11-13-28(14-12-23)17-25(30)27-22-7-5-4-6-8-22/h4-10,15-16,23H,11-14,17H2,1-3H3,(H,26,29)(H,27,30)/b10-9+. The van der Waals surface area contributed by atoms with Crippen LogP contribution in [0.4, 0.5) is 5.69 Å². The number of carbonyl (C=O) groups is 2. The van der Waals surface area contributed by atoms with Gasteiger partial charge in [0.2, 0.25) is 11.8 Å². The van der Waals surface area contributed by atoms with Gasteiger partial charge >= 0.3 is 0 Å². The van der Waals surface area contributed by atoms with Gasteiger partial charge in [-0.3, -0.25) is 14.5 Å². The second kappa shape index (κ2) is 10.2. The average molecular weight is 406 g/mol. The highest BCUT2D eigenvalue weighted by Crippen LogP contribution is 2.17. The SMILES string of the molecule is Cc1cc(C)c(/C=C/C(=O)NC2CCN(CC(=O)Nc3ccccc3)CC2)cc1C. The van der Waals surface area contributed by atoms with Crippen molar-refractivity contribution in [3.63, 3.8) is 0 Å². The average Bonchev–Trinajstić information content (AvgIpc) is 2.72. The van der Waals surface area contributed by atoms with Crippen molar-refractivity contribution in [2.24, 2.45) is 0 Å². The molecule has 0 atom stereocenters. The zero-order valence-corrected chi connectivity index (χ0v) is 18.1. The molecule has 0 aliphatic carbocycles. The molecule has 3 rings (SSSR count). The Bertz CT molecular complexity index is 913. The lowest BCUT2D eigenvalue weighted by atomic mass is 10.0. The number of likely N-dealkylation sites (tertiary alicyclic amines) is 1. The highest BCUT2D eigenvalue weighted by molar-refractivity contribution is 5.92. The van der Waals surface area contributed by atoms with Crippen LogP contribution in [-0.4, -0.2) is 42.4 Å². The van der Waals surface area contributed by atoms with Gasteiger partial charge in [0, 0.05) is 30.9 Å². The predicted molar refractivity (Wildman–Crippen MR) is 122 cm³/mol. The molecule has 1 saturated heterocycles. The van der Waals surface area contributed by atoms with Crippen molar-refractivity contribution in [1.29, 1.82) is 0 Å². The van der Waals surface area contributed by atoms with Crippen LogP contribution in [0, 0.1) is 20.8 Å². The first kappa shape index (κ1) is 21.8. The molecule has 1 heterocycles. The Morgan fingerprint density at radius 1 is 1.00 bits per heavy atom. The van der Waals surface area contributed by atoms with Gasteiger partial charge in [0.1, 0.15) is 0 Å². The zero-order valence-electron chi connectivity index (χ0n) is 18.1. The number of carbonyl (C=O) groups excluding carboxylic acids is 2. The summed E-state index contributed by atoms with van der Waals surface area (Å²) in [6.45, 7) is 8.22. The largest absolute Gasteiger partial charge is 0.350 e. The molecule has 0 unspecified atom stereocenters. The topological polar surface area (TPSA) is 61.4 Å².